The highest BCUT2D eigenvalue weighted by molar-refractivity contribution is 7.91. The lowest BCUT2D eigenvalue weighted by Crippen LogP contribution is -2.38. The third-order valence-corrected chi connectivity index (χ3v) is 6.34. The normalized spacial score (nSPS) is 24.7. The molecule has 2 heterocycles. The molecule has 1 aromatic heterocycles. The topological polar surface area (TPSA) is 76.3 Å². The van der Waals surface area contributed by atoms with Crippen LogP contribution in [0.5, 0.6) is 0 Å². The quantitative estimate of drug-likeness (QED) is 0.924. The summed E-state index contributed by atoms with van der Waals surface area (Å²) in [5.41, 5.74) is 5.77. The number of sulfone groups is 1. The number of nitrogens with two attached hydrogens (primary N) is 1. The van der Waals surface area contributed by atoms with Crippen molar-refractivity contribution < 1.29 is 8.42 Å². The first-order valence-electron chi connectivity index (χ1n) is 6.58. The molecule has 1 aliphatic heterocycles. The molecule has 0 aliphatic carbocycles. The Morgan fingerprint density at radius 2 is 1.95 bits per heavy atom. The Morgan fingerprint density at radius 3 is 2.47 bits per heavy atom. The minimum absolute atomic E-state index is 0.0571. The molecule has 1 aliphatic rings. The molecule has 19 heavy (non-hydrogen) atoms. The summed E-state index contributed by atoms with van der Waals surface area (Å²) < 4.78 is 28.4. The largest absolute Gasteiger partial charge is 0.382 e. The van der Waals surface area contributed by atoms with Gasteiger partial charge in [-0.15, -0.1) is 0 Å². The van der Waals surface area contributed by atoms with E-state index in [0.717, 1.165) is 18.1 Å². The fourth-order valence-electron chi connectivity index (χ4n) is 2.75. The van der Waals surface area contributed by atoms with Crippen molar-refractivity contribution >= 4 is 32.2 Å². The van der Waals surface area contributed by atoms with E-state index in [0.29, 0.717) is 11.8 Å². The van der Waals surface area contributed by atoms with E-state index in [2.05, 4.69) is 23.1 Å². The fraction of sp³-hybridized carbons (Fsp3) is 0.750. The van der Waals surface area contributed by atoms with E-state index in [1.165, 1.54) is 18.0 Å². The molecule has 1 aromatic rings. The van der Waals surface area contributed by atoms with Crippen molar-refractivity contribution in [3.8, 4) is 0 Å². The molecule has 0 aromatic carbocycles. The second-order valence-corrected chi connectivity index (χ2v) is 8.42. The number of rotatable bonds is 3. The van der Waals surface area contributed by atoms with Crippen LogP contribution >= 0.6 is 11.5 Å². The van der Waals surface area contributed by atoms with Gasteiger partial charge in [-0.3, -0.25) is 0 Å². The first-order valence-corrected chi connectivity index (χ1v) is 9.00. The average molecular weight is 303 g/mol. The molecular formula is C12H21N3O2S2. The Balaban J connectivity index is 2.41. The van der Waals surface area contributed by atoms with Gasteiger partial charge < -0.3 is 10.6 Å². The van der Waals surface area contributed by atoms with E-state index >= 15 is 0 Å². The molecule has 1 saturated heterocycles. The van der Waals surface area contributed by atoms with Gasteiger partial charge in [0.2, 0.25) is 0 Å². The second kappa shape index (κ2) is 5.28. The van der Waals surface area contributed by atoms with E-state index in [9.17, 15) is 8.42 Å². The standard InChI is InChI=1S/C12H21N3O2S2/c1-4-19(16,17)10-11(13)14-18-12(10)15-6-8(2)5-9(3)7-15/h8-9H,4-7H2,1-3H3,(H2,13,14). The molecule has 1 fully saturated rings. The number of hydrogen-bond donors (Lipinski definition) is 1. The van der Waals surface area contributed by atoms with Gasteiger partial charge in [-0.05, 0) is 29.8 Å². The third-order valence-electron chi connectivity index (χ3n) is 3.50. The summed E-state index contributed by atoms with van der Waals surface area (Å²) in [6.07, 6.45) is 1.18. The highest BCUT2D eigenvalue weighted by Gasteiger charge is 2.30. The van der Waals surface area contributed by atoms with Crippen molar-refractivity contribution in [2.45, 2.75) is 32.1 Å². The van der Waals surface area contributed by atoms with E-state index < -0.39 is 9.84 Å². The van der Waals surface area contributed by atoms with Crippen LogP contribution in [0.15, 0.2) is 4.90 Å². The molecule has 5 nitrogen and oxygen atoms in total. The molecule has 2 atom stereocenters. The summed E-state index contributed by atoms with van der Waals surface area (Å²) in [6.45, 7) is 7.77. The van der Waals surface area contributed by atoms with Gasteiger partial charge in [-0.1, -0.05) is 20.8 Å². The molecule has 0 saturated carbocycles. The summed E-state index contributed by atoms with van der Waals surface area (Å²) in [4.78, 5) is 2.37. The van der Waals surface area contributed by atoms with E-state index in [1.54, 1.807) is 6.92 Å². The van der Waals surface area contributed by atoms with Crippen molar-refractivity contribution in [3.05, 3.63) is 0 Å². The van der Waals surface area contributed by atoms with Crippen molar-refractivity contribution in [1.29, 1.82) is 0 Å². The zero-order chi connectivity index (χ0) is 14.2. The van der Waals surface area contributed by atoms with Crippen LogP contribution in [-0.4, -0.2) is 31.6 Å². The summed E-state index contributed by atoms with van der Waals surface area (Å²) in [5.74, 6) is 1.32. The Kier molecular flexibility index (Phi) is 4.06. The zero-order valence-corrected chi connectivity index (χ0v) is 13.2. The summed E-state index contributed by atoms with van der Waals surface area (Å²) in [7, 11) is -3.32. The lowest BCUT2D eigenvalue weighted by Gasteiger charge is -2.35. The maximum Gasteiger partial charge on any atom is 0.184 e. The summed E-state index contributed by atoms with van der Waals surface area (Å²) in [5, 5.41) is 0.720. The number of nitrogen functional groups attached to an aromatic ring is 1. The van der Waals surface area contributed by atoms with Crippen LogP contribution in [0.25, 0.3) is 0 Å². The van der Waals surface area contributed by atoms with Crippen LogP contribution in [0.3, 0.4) is 0 Å². The average Bonchev–Trinajstić information content (AvgIpc) is 2.70. The van der Waals surface area contributed by atoms with Crippen molar-refractivity contribution in [1.82, 2.24) is 4.37 Å². The highest BCUT2D eigenvalue weighted by atomic mass is 32.2. The van der Waals surface area contributed by atoms with Crippen LogP contribution in [-0.2, 0) is 9.84 Å². The van der Waals surface area contributed by atoms with Gasteiger partial charge in [0, 0.05) is 13.1 Å². The highest BCUT2D eigenvalue weighted by Crippen LogP contribution is 2.38. The van der Waals surface area contributed by atoms with Crippen LogP contribution < -0.4 is 10.6 Å². The molecule has 0 amide bonds. The maximum absolute atomic E-state index is 12.2. The zero-order valence-electron chi connectivity index (χ0n) is 11.6. The molecule has 0 spiro atoms. The molecule has 0 radical (unpaired) electrons. The van der Waals surface area contributed by atoms with Crippen LogP contribution in [0, 0.1) is 11.8 Å². The molecule has 2 N–H and O–H groups in total. The van der Waals surface area contributed by atoms with Crippen LogP contribution in [0.1, 0.15) is 27.2 Å². The lowest BCUT2D eigenvalue weighted by molar-refractivity contribution is 0.357. The Labute approximate surface area is 118 Å². The van der Waals surface area contributed by atoms with E-state index in [-0.39, 0.29) is 16.5 Å². The van der Waals surface area contributed by atoms with Gasteiger partial charge >= 0.3 is 0 Å². The smallest absolute Gasteiger partial charge is 0.184 e. The number of hydrogen-bond acceptors (Lipinski definition) is 6. The number of aromatic nitrogens is 1. The molecule has 108 valence electrons. The van der Waals surface area contributed by atoms with Gasteiger partial charge in [0.15, 0.2) is 15.7 Å². The lowest BCUT2D eigenvalue weighted by atomic mass is 9.92. The van der Waals surface area contributed by atoms with Crippen LogP contribution in [0.2, 0.25) is 0 Å². The van der Waals surface area contributed by atoms with Crippen molar-refractivity contribution in [2.24, 2.45) is 11.8 Å². The minimum atomic E-state index is -3.32. The number of anilines is 2. The molecular weight excluding hydrogens is 282 g/mol. The van der Waals surface area contributed by atoms with Gasteiger partial charge in [0.1, 0.15) is 9.90 Å². The predicted molar refractivity (Wildman–Crippen MR) is 79.4 cm³/mol. The minimum Gasteiger partial charge on any atom is -0.382 e. The molecule has 0 bridgehead atoms. The van der Waals surface area contributed by atoms with Gasteiger partial charge in [-0.2, -0.15) is 4.37 Å². The Bertz CT molecular complexity index is 543. The molecule has 2 rings (SSSR count). The first-order chi connectivity index (χ1) is 8.85. The van der Waals surface area contributed by atoms with Gasteiger partial charge in [-0.25, -0.2) is 8.42 Å². The van der Waals surface area contributed by atoms with Crippen molar-refractivity contribution in [2.75, 3.05) is 29.5 Å². The first kappa shape index (κ1) is 14.6. The molecule has 7 heteroatoms. The van der Waals surface area contributed by atoms with Crippen molar-refractivity contribution in [3.63, 3.8) is 0 Å². The Hall–Kier alpha value is -0.820. The third kappa shape index (κ3) is 2.86. The van der Waals surface area contributed by atoms with Gasteiger partial charge in [0.05, 0.1) is 5.75 Å². The van der Waals surface area contributed by atoms with E-state index in [1.807, 2.05) is 0 Å². The van der Waals surface area contributed by atoms with Crippen LogP contribution in [0.4, 0.5) is 10.8 Å². The fourth-order valence-corrected chi connectivity index (χ4v) is 5.08. The SMILES string of the molecule is CCS(=O)(=O)c1c(N)nsc1N1CC(C)CC(C)C1. The molecule has 2 unspecified atom stereocenters. The maximum atomic E-state index is 12.2. The summed E-state index contributed by atoms with van der Waals surface area (Å²) in [6, 6.07) is 0. The number of nitrogens with zero attached hydrogens (tertiary/aromatic N) is 2. The summed E-state index contributed by atoms with van der Waals surface area (Å²) >= 11 is 1.20. The second-order valence-electron chi connectivity index (χ2n) is 5.46. The Morgan fingerprint density at radius 1 is 1.37 bits per heavy atom. The van der Waals surface area contributed by atoms with E-state index in [4.69, 9.17) is 5.73 Å². The number of piperidine rings is 1. The monoisotopic (exact) mass is 303 g/mol. The van der Waals surface area contributed by atoms with Gasteiger partial charge in [0.25, 0.3) is 0 Å². The predicted octanol–water partition coefficient (Wildman–Crippen LogP) is 2.00.